The van der Waals surface area contributed by atoms with Crippen LogP contribution in [0.25, 0.3) is 0 Å². The van der Waals surface area contributed by atoms with Gasteiger partial charge in [0.15, 0.2) is 0 Å². The summed E-state index contributed by atoms with van der Waals surface area (Å²) in [5.41, 5.74) is 5.52. The molecule has 3 aromatic rings. The standard InChI is InChI=1S/C32H36N4O6/c1-3-31(29(37)38)20(2)34-28(33)32(30(39)40,27(31)23-15-10-16-25(17-23)36(41)42)24-18-35(19-24)26(21-11-6-4-7-12-21)22-13-8-5-9-14-22/h4-17,20,24,26-28,34H,3,18-19,33H2,1-2H3,(H,37,38)(H,39,40). The fourth-order valence-corrected chi connectivity index (χ4v) is 7.60. The zero-order chi connectivity index (χ0) is 30.2. The maximum Gasteiger partial charge on any atom is 0.313 e. The molecule has 3 aromatic carbocycles. The normalized spacial score (nSPS) is 28.2. The van der Waals surface area contributed by atoms with Gasteiger partial charge < -0.3 is 15.9 Å². The molecule has 2 fully saturated rings. The van der Waals surface area contributed by atoms with Gasteiger partial charge in [0.2, 0.25) is 0 Å². The molecule has 5 N–H and O–H groups in total. The second-order valence-electron chi connectivity index (χ2n) is 11.5. The van der Waals surface area contributed by atoms with Gasteiger partial charge in [-0.15, -0.1) is 0 Å². The van der Waals surface area contributed by atoms with Crippen molar-refractivity contribution in [3.63, 3.8) is 0 Å². The monoisotopic (exact) mass is 572 g/mol. The van der Waals surface area contributed by atoms with Crippen LogP contribution in [0.15, 0.2) is 84.9 Å². The highest BCUT2D eigenvalue weighted by molar-refractivity contribution is 5.84. The third kappa shape index (κ3) is 4.46. The Bertz CT molecular complexity index is 1420. The van der Waals surface area contributed by atoms with E-state index in [0.717, 1.165) is 11.1 Å². The third-order valence-corrected chi connectivity index (χ3v) is 9.66. The van der Waals surface area contributed by atoms with E-state index >= 15 is 0 Å². The van der Waals surface area contributed by atoms with Gasteiger partial charge in [0, 0.05) is 43.1 Å². The summed E-state index contributed by atoms with van der Waals surface area (Å²) in [5.74, 6) is -4.07. The lowest BCUT2D eigenvalue weighted by atomic mass is 9.47. The highest BCUT2D eigenvalue weighted by Crippen LogP contribution is 2.61. The molecule has 2 heterocycles. The van der Waals surface area contributed by atoms with Gasteiger partial charge >= 0.3 is 11.9 Å². The average molecular weight is 573 g/mol. The number of nitrogens with zero attached hydrogens (tertiary/aromatic N) is 2. The minimum absolute atomic E-state index is 0.0959. The Morgan fingerprint density at radius 1 is 1.00 bits per heavy atom. The summed E-state index contributed by atoms with van der Waals surface area (Å²) in [6.45, 7) is 4.10. The number of benzene rings is 3. The van der Waals surface area contributed by atoms with Crippen LogP contribution in [0.4, 0.5) is 5.69 Å². The Morgan fingerprint density at radius 2 is 1.57 bits per heavy atom. The summed E-state index contributed by atoms with van der Waals surface area (Å²) in [6, 6.07) is 24.7. The molecular weight excluding hydrogens is 536 g/mol. The molecule has 0 aromatic heterocycles. The summed E-state index contributed by atoms with van der Waals surface area (Å²) in [7, 11) is 0. The fraction of sp³-hybridized carbons (Fsp3) is 0.375. The van der Waals surface area contributed by atoms with E-state index in [9.17, 15) is 29.9 Å². The first kappa shape index (κ1) is 29.4. The number of carbonyl (C=O) groups is 2. The number of aliphatic carboxylic acids is 2. The van der Waals surface area contributed by atoms with Crippen LogP contribution in [0.3, 0.4) is 0 Å². The quantitative estimate of drug-likeness (QED) is 0.217. The van der Waals surface area contributed by atoms with E-state index in [4.69, 9.17) is 5.73 Å². The molecule has 0 spiro atoms. The van der Waals surface area contributed by atoms with Gasteiger partial charge in [-0.3, -0.25) is 29.9 Å². The first-order valence-electron chi connectivity index (χ1n) is 14.2. The van der Waals surface area contributed by atoms with Crippen molar-refractivity contribution in [3.8, 4) is 0 Å². The zero-order valence-electron chi connectivity index (χ0n) is 23.6. The van der Waals surface area contributed by atoms with Crippen LogP contribution in [0.5, 0.6) is 0 Å². The Labute approximate surface area is 244 Å². The minimum atomic E-state index is -1.77. The Hall–Kier alpha value is -4.12. The fourth-order valence-electron chi connectivity index (χ4n) is 7.60. The first-order valence-corrected chi connectivity index (χ1v) is 14.2. The van der Waals surface area contributed by atoms with Crippen LogP contribution < -0.4 is 11.1 Å². The number of nitrogens with one attached hydrogen (secondary N) is 1. The molecule has 5 atom stereocenters. The molecule has 0 saturated carbocycles. The smallest absolute Gasteiger partial charge is 0.313 e. The van der Waals surface area contributed by atoms with Crippen LogP contribution in [0.1, 0.15) is 48.9 Å². The number of nitro groups is 1. The number of carboxylic acids is 2. The van der Waals surface area contributed by atoms with E-state index in [1.807, 2.05) is 60.7 Å². The molecule has 2 saturated heterocycles. The van der Waals surface area contributed by atoms with Crippen molar-refractivity contribution in [2.45, 2.75) is 44.4 Å². The number of likely N-dealkylation sites (tertiary alicyclic amines) is 1. The van der Waals surface area contributed by atoms with E-state index < -0.39 is 51.7 Å². The second kappa shape index (κ2) is 11.3. The summed E-state index contributed by atoms with van der Waals surface area (Å²) in [6.07, 6.45) is -1.01. The van der Waals surface area contributed by atoms with E-state index in [0.29, 0.717) is 18.7 Å². The molecule has 2 aliphatic heterocycles. The predicted octanol–water partition coefficient (Wildman–Crippen LogP) is 4.23. The van der Waals surface area contributed by atoms with Crippen molar-refractivity contribution in [3.05, 3.63) is 112 Å². The van der Waals surface area contributed by atoms with Crippen LogP contribution in [0, 0.1) is 26.9 Å². The van der Waals surface area contributed by atoms with E-state index in [1.165, 1.54) is 18.2 Å². The molecule has 10 heteroatoms. The first-order chi connectivity index (χ1) is 20.1. The maximum atomic E-state index is 13.6. The van der Waals surface area contributed by atoms with Crippen molar-refractivity contribution in [1.29, 1.82) is 0 Å². The summed E-state index contributed by atoms with van der Waals surface area (Å²) >= 11 is 0. The molecule has 0 aliphatic carbocycles. The molecule has 5 rings (SSSR count). The minimum Gasteiger partial charge on any atom is -0.481 e. The molecule has 5 unspecified atom stereocenters. The zero-order valence-corrected chi connectivity index (χ0v) is 23.6. The third-order valence-electron chi connectivity index (χ3n) is 9.66. The molecule has 2 aliphatic rings. The number of piperidine rings is 1. The van der Waals surface area contributed by atoms with Crippen molar-refractivity contribution in [1.82, 2.24) is 10.2 Å². The lowest BCUT2D eigenvalue weighted by molar-refractivity contribution is -0.385. The number of nitro benzene ring substituents is 1. The van der Waals surface area contributed by atoms with Crippen LogP contribution in [-0.4, -0.2) is 57.3 Å². The van der Waals surface area contributed by atoms with Crippen LogP contribution in [-0.2, 0) is 9.59 Å². The van der Waals surface area contributed by atoms with E-state index in [1.54, 1.807) is 19.9 Å². The van der Waals surface area contributed by atoms with E-state index in [2.05, 4.69) is 10.2 Å². The van der Waals surface area contributed by atoms with Gasteiger partial charge in [0.1, 0.15) is 5.41 Å². The largest absolute Gasteiger partial charge is 0.481 e. The van der Waals surface area contributed by atoms with Crippen molar-refractivity contribution in [2.75, 3.05) is 13.1 Å². The van der Waals surface area contributed by atoms with Gasteiger partial charge in [-0.2, -0.15) is 0 Å². The van der Waals surface area contributed by atoms with Crippen molar-refractivity contribution >= 4 is 17.6 Å². The lowest BCUT2D eigenvalue weighted by Gasteiger charge is -2.62. The molecule has 42 heavy (non-hydrogen) atoms. The molecule has 220 valence electrons. The molecular formula is C32H36N4O6. The number of non-ortho nitro benzene ring substituents is 1. The van der Waals surface area contributed by atoms with Gasteiger partial charge in [-0.25, -0.2) is 0 Å². The van der Waals surface area contributed by atoms with Crippen molar-refractivity contribution in [2.24, 2.45) is 22.5 Å². The van der Waals surface area contributed by atoms with Gasteiger partial charge in [-0.05, 0) is 30.0 Å². The number of hydrogen-bond donors (Lipinski definition) is 4. The number of rotatable bonds is 9. The summed E-state index contributed by atoms with van der Waals surface area (Å²) in [4.78, 5) is 40.2. The van der Waals surface area contributed by atoms with Crippen molar-refractivity contribution < 1.29 is 24.7 Å². The highest BCUT2D eigenvalue weighted by Gasteiger charge is 2.70. The summed E-state index contributed by atoms with van der Waals surface area (Å²) < 4.78 is 0. The Kier molecular flexibility index (Phi) is 7.89. The van der Waals surface area contributed by atoms with Gasteiger partial charge in [0.25, 0.3) is 5.69 Å². The number of hydrogen-bond acceptors (Lipinski definition) is 7. The highest BCUT2D eigenvalue weighted by atomic mass is 16.6. The number of nitrogens with two attached hydrogens (primary N) is 1. The van der Waals surface area contributed by atoms with Crippen LogP contribution in [0.2, 0.25) is 0 Å². The SMILES string of the molecule is CCC1(C(=O)O)C(C)NC(N)C(C(=O)O)(C2CN(C(c3ccccc3)c3ccccc3)C2)C1c1cccc([N+](=O)[O-])c1. The molecule has 0 radical (unpaired) electrons. The molecule has 0 amide bonds. The number of carboxylic acid groups (broad SMARTS) is 2. The summed E-state index contributed by atoms with van der Waals surface area (Å²) in [5, 5.41) is 36.7. The van der Waals surface area contributed by atoms with Gasteiger partial charge in [0.05, 0.1) is 22.5 Å². The van der Waals surface area contributed by atoms with Gasteiger partial charge in [-0.1, -0.05) is 79.7 Å². The lowest BCUT2D eigenvalue weighted by Crippen LogP contribution is -2.77. The average Bonchev–Trinajstić information content (AvgIpc) is 2.95. The van der Waals surface area contributed by atoms with Crippen LogP contribution >= 0.6 is 0 Å². The molecule has 0 bridgehead atoms. The Balaban J connectivity index is 1.65. The predicted molar refractivity (Wildman–Crippen MR) is 157 cm³/mol. The van der Waals surface area contributed by atoms with E-state index in [-0.39, 0.29) is 18.2 Å². The second-order valence-corrected chi connectivity index (χ2v) is 11.5. The topological polar surface area (TPSA) is 159 Å². The Morgan fingerprint density at radius 3 is 2.05 bits per heavy atom. The maximum absolute atomic E-state index is 13.6. The molecule has 10 nitrogen and oxygen atoms in total.